The largest absolute Gasteiger partial charge is 0.416 e. The minimum Gasteiger partial charge on any atom is -0.403 e. The molecule has 0 fully saturated rings. The zero-order valence-corrected chi connectivity index (χ0v) is 16.5. The number of hydrogen-bond donors (Lipinski definition) is 2. The summed E-state index contributed by atoms with van der Waals surface area (Å²) in [6, 6.07) is 10.9. The van der Waals surface area contributed by atoms with Crippen LogP contribution in [0.3, 0.4) is 0 Å². The number of carbonyl (C=O) groups is 1. The highest BCUT2D eigenvalue weighted by atomic mass is 32.2. The van der Waals surface area contributed by atoms with E-state index in [2.05, 4.69) is 9.71 Å². The molecule has 0 spiro atoms. The molecule has 3 rings (SSSR count). The van der Waals surface area contributed by atoms with E-state index >= 15 is 0 Å². The number of nitrogens with zero attached hydrogens (tertiary/aromatic N) is 2. The molecule has 1 aromatic carbocycles. The number of hydrogen-bond acceptors (Lipinski definition) is 8. The summed E-state index contributed by atoms with van der Waals surface area (Å²) < 4.78 is 13.5. The third-order valence-electron chi connectivity index (χ3n) is 4.17. The number of aromatic nitrogens is 1. The Balaban J connectivity index is 1.95. The van der Waals surface area contributed by atoms with Gasteiger partial charge in [0.15, 0.2) is 0 Å². The molecule has 1 amide bonds. The van der Waals surface area contributed by atoms with Crippen LogP contribution < -0.4 is 20.2 Å². The monoisotopic (exact) mass is 400 g/mol. The van der Waals surface area contributed by atoms with Gasteiger partial charge in [-0.1, -0.05) is 12.1 Å². The second-order valence-electron chi connectivity index (χ2n) is 6.35. The number of anilines is 1. The van der Waals surface area contributed by atoms with E-state index in [0.29, 0.717) is 17.4 Å². The molecule has 0 radical (unpaired) electrons. The molecule has 0 bridgehead atoms. The van der Waals surface area contributed by atoms with Gasteiger partial charge in [-0.3, -0.25) is 5.14 Å². The van der Waals surface area contributed by atoms with E-state index in [4.69, 9.17) is 14.3 Å². The fourth-order valence-corrected chi connectivity index (χ4v) is 2.97. The quantitative estimate of drug-likeness (QED) is 0.629. The highest BCUT2D eigenvalue weighted by molar-refractivity contribution is 7.98. The van der Waals surface area contributed by atoms with Gasteiger partial charge in [0.25, 0.3) is 0 Å². The molecule has 9 heteroatoms. The van der Waals surface area contributed by atoms with Crippen LogP contribution in [0.15, 0.2) is 45.6 Å². The Morgan fingerprint density at radius 3 is 2.82 bits per heavy atom. The van der Waals surface area contributed by atoms with E-state index in [9.17, 15) is 9.59 Å². The molecular formula is C19H20N4O4S. The van der Waals surface area contributed by atoms with Crippen LogP contribution in [0.4, 0.5) is 10.5 Å². The first-order valence-electron chi connectivity index (χ1n) is 8.42. The number of fused-ring (bicyclic) bond motifs is 1. The van der Waals surface area contributed by atoms with Crippen LogP contribution in [0.25, 0.3) is 11.1 Å². The molecule has 8 nitrogen and oxygen atoms in total. The maximum atomic E-state index is 12.5. The molecular weight excluding hydrogens is 380 g/mol. The number of benzene rings is 1. The van der Waals surface area contributed by atoms with Gasteiger partial charge in [0.2, 0.25) is 11.6 Å². The van der Waals surface area contributed by atoms with Crippen molar-refractivity contribution in [1.82, 2.24) is 9.88 Å². The fourth-order valence-electron chi connectivity index (χ4n) is 2.71. The van der Waals surface area contributed by atoms with Gasteiger partial charge in [-0.25, -0.2) is 9.59 Å². The van der Waals surface area contributed by atoms with Gasteiger partial charge < -0.3 is 18.8 Å². The van der Waals surface area contributed by atoms with Crippen LogP contribution in [-0.2, 0) is 6.42 Å². The van der Waals surface area contributed by atoms with Crippen LogP contribution >= 0.6 is 12.1 Å². The maximum Gasteiger partial charge on any atom is 0.416 e. The van der Waals surface area contributed by atoms with E-state index < -0.39 is 11.7 Å². The molecule has 3 N–H and O–H groups in total. The lowest BCUT2D eigenvalue weighted by Crippen LogP contribution is -2.25. The van der Waals surface area contributed by atoms with Gasteiger partial charge in [-0.05, 0) is 36.2 Å². The minimum absolute atomic E-state index is 0.0690. The van der Waals surface area contributed by atoms with Crippen molar-refractivity contribution in [2.45, 2.75) is 13.3 Å². The molecule has 0 aliphatic rings. The second-order valence-corrected chi connectivity index (χ2v) is 6.79. The van der Waals surface area contributed by atoms with E-state index in [0.717, 1.165) is 28.9 Å². The number of pyridine rings is 1. The standard InChI is InChI=1S/C19H20N4O4S/c1-11-14-7-8-16(26-19(25)23(2)3)21-17(14)27-18(24)15(11)10-12-5-4-6-13(9-12)22-28-20/h4-9,22H,10,20H2,1-3H3. The average Bonchev–Trinajstić information content (AvgIpc) is 2.65. The summed E-state index contributed by atoms with van der Waals surface area (Å²) in [6.45, 7) is 1.85. The van der Waals surface area contributed by atoms with Crippen LogP contribution in [0, 0.1) is 6.92 Å². The van der Waals surface area contributed by atoms with Crippen molar-refractivity contribution in [3.63, 3.8) is 0 Å². The van der Waals surface area contributed by atoms with E-state index in [1.165, 1.54) is 4.90 Å². The van der Waals surface area contributed by atoms with Gasteiger partial charge in [0.05, 0.1) is 0 Å². The Morgan fingerprint density at radius 2 is 2.11 bits per heavy atom. The summed E-state index contributed by atoms with van der Waals surface area (Å²) in [5, 5.41) is 6.12. The van der Waals surface area contributed by atoms with Gasteiger partial charge >= 0.3 is 11.7 Å². The number of nitrogens with one attached hydrogen (secondary N) is 1. The van der Waals surface area contributed by atoms with Gasteiger partial charge in [-0.15, -0.1) is 0 Å². The molecule has 146 valence electrons. The molecule has 3 aromatic rings. The van der Waals surface area contributed by atoms with Crippen LogP contribution in [0.2, 0.25) is 0 Å². The Morgan fingerprint density at radius 1 is 1.32 bits per heavy atom. The Labute approximate surface area is 165 Å². The number of amides is 1. The maximum absolute atomic E-state index is 12.5. The minimum atomic E-state index is -0.563. The summed E-state index contributed by atoms with van der Waals surface area (Å²) in [6.07, 6.45) is -0.154. The topological polar surface area (TPSA) is 111 Å². The molecule has 2 aromatic heterocycles. The lowest BCUT2D eigenvalue weighted by molar-refractivity contribution is 0.170. The summed E-state index contributed by atoms with van der Waals surface area (Å²) in [4.78, 5) is 29.6. The molecule has 0 unspecified atom stereocenters. The van der Waals surface area contributed by atoms with E-state index in [1.807, 2.05) is 31.2 Å². The molecule has 0 atom stereocenters. The Kier molecular flexibility index (Phi) is 5.86. The highest BCUT2D eigenvalue weighted by Gasteiger charge is 2.15. The average molecular weight is 400 g/mol. The number of nitrogens with two attached hydrogens (primary N) is 1. The van der Waals surface area contributed by atoms with Crippen molar-refractivity contribution in [2.24, 2.45) is 5.14 Å². The number of carbonyl (C=O) groups excluding carboxylic acids is 1. The molecule has 28 heavy (non-hydrogen) atoms. The van der Waals surface area contributed by atoms with Crippen molar-refractivity contribution in [3.8, 4) is 5.88 Å². The van der Waals surface area contributed by atoms with Crippen molar-refractivity contribution >= 4 is 35.0 Å². The number of aryl methyl sites for hydroxylation is 1. The lowest BCUT2D eigenvalue weighted by atomic mass is 10.0. The van der Waals surface area contributed by atoms with Gasteiger partial charge in [0, 0.05) is 55.4 Å². The van der Waals surface area contributed by atoms with Crippen molar-refractivity contribution < 1.29 is 13.9 Å². The Bertz CT molecular complexity index is 1080. The first kappa shape index (κ1) is 19.7. The summed E-state index contributed by atoms with van der Waals surface area (Å²) >= 11 is 1.01. The molecule has 0 aliphatic heterocycles. The van der Waals surface area contributed by atoms with Crippen LogP contribution in [0.1, 0.15) is 16.7 Å². The SMILES string of the molecule is Cc1c(Cc2cccc(NSN)c2)c(=O)oc2nc(OC(=O)N(C)C)ccc12. The molecule has 0 saturated heterocycles. The van der Waals surface area contributed by atoms with Crippen molar-refractivity contribution in [2.75, 3.05) is 18.8 Å². The predicted molar refractivity (Wildman–Crippen MR) is 109 cm³/mol. The fraction of sp³-hybridized carbons (Fsp3) is 0.211. The normalized spacial score (nSPS) is 10.7. The number of rotatable bonds is 5. The number of ether oxygens (including phenoxy) is 1. The zero-order chi connectivity index (χ0) is 20.3. The summed E-state index contributed by atoms with van der Waals surface area (Å²) in [5.74, 6) is 0.0690. The van der Waals surface area contributed by atoms with Crippen LogP contribution in [-0.4, -0.2) is 30.1 Å². The summed E-state index contributed by atoms with van der Waals surface area (Å²) in [7, 11) is 3.13. The van der Waals surface area contributed by atoms with E-state index in [1.54, 1.807) is 26.2 Å². The van der Waals surface area contributed by atoms with E-state index in [-0.39, 0.29) is 11.6 Å². The summed E-state index contributed by atoms with van der Waals surface area (Å²) in [5.41, 5.74) is 2.77. The predicted octanol–water partition coefficient (Wildman–Crippen LogP) is 3.08. The second kappa shape index (κ2) is 8.32. The smallest absolute Gasteiger partial charge is 0.403 e. The first-order chi connectivity index (χ1) is 13.4. The van der Waals surface area contributed by atoms with Crippen LogP contribution in [0.5, 0.6) is 5.88 Å². The Hall–Kier alpha value is -3.04. The van der Waals surface area contributed by atoms with Gasteiger partial charge in [0.1, 0.15) is 0 Å². The third kappa shape index (κ3) is 4.26. The van der Waals surface area contributed by atoms with Gasteiger partial charge in [-0.2, -0.15) is 4.98 Å². The molecule has 0 aliphatic carbocycles. The molecule has 2 heterocycles. The van der Waals surface area contributed by atoms with Crippen molar-refractivity contribution in [3.05, 3.63) is 63.5 Å². The van der Waals surface area contributed by atoms with Crippen molar-refractivity contribution in [1.29, 1.82) is 0 Å². The lowest BCUT2D eigenvalue weighted by Gasteiger charge is -2.11. The first-order valence-corrected chi connectivity index (χ1v) is 9.30. The molecule has 0 saturated carbocycles. The third-order valence-corrected chi connectivity index (χ3v) is 4.52. The zero-order valence-electron chi connectivity index (χ0n) is 15.7. The highest BCUT2D eigenvalue weighted by Crippen LogP contribution is 2.23.